The number of allylic oxidation sites excluding steroid dienone is 9. The first kappa shape index (κ1) is 129. The van der Waals surface area contributed by atoms with Crippen LogP contribution in [-0.2, 0) is 89.1 Å². The van der Waals surface area contributed by atoms with Gasteiger partial charge in [0.15, 0.2) is 33.3 Å². The van der Waals surface area contributed by atoms with Gasteiger partial charge in [0.2, 0.25) is 0 Å². The van der Waals surface area contributed by atoms with Gasteiger partial charge in [-0.05, 0) is 244 Å². The second-order valence-corrected chi connectivity index (χ2v) is 68.7. The smallest absolute Gasteiger partial charge is 0.309 e. The molecule has 3 fully saturated rings. The number of aliphatic hydroxyl groups excluding tert-OH is 2. The van der Waals surface area contributed by atoms with E-state index in [0.29, 0.717) is 30.6 Å². The molecule has 0 aromatic carbocycles. The molecule has 0 aromatic heterocycles. The minimum absolute atomic E-state index is 0.0617. The molecule has 28 heteroatoms. The molecule has 0 saturated carbocycles. The monoisotopic (exact) mass is 2070 g/mol. The zero-order valence-electron chi connectivity index (χ0n) is 95.8. The average molecular weight is 2070 g/mol. The summed E-state index contributed by atoms with van der Waals surface area (Å²) in [7, 11) is -8.22. The van der Waals surface area contributed by atoms with E-state index in [-0.39, 0.29) is 167 Å². The van der Waals surface area contributed by atoms with Crippen LogP contribution in [0.2, 0.25) is 72.5 Å². The van der Waals surface area contributed by atoms with Crippen molar-refractivity contribution in [2.45, 2.75) is 524 Å². The molecule has 0 radical (unpaired) electrons. The van der Waals surface area contributed by atoms with E-state index in [9.17, 15) is 54.3 Å². The van der Waals surface area contributed by atoms with Crippen LogP contribution in [0.25, 0.3) is 0 Å². The SMILES string of the molecule is CCC(O)C(C)C1OC1CC(C)/C=C/C=C(\C)C1OC(=O)CC(O[Si](C)(C)C(C)(C)C)CCC(C)(O)C(OC(C)=O)/C=C/C1C.CCC(O[Si](C)(C)C(C)(C)C)C(C)C1OC1CC(C)/C=C/C=C(\C)C1OC(=O)CC(O)CCC(C)(O)C(OC(C)=O)/C=C/C1C.CCC(O[Si](C)(C)C(C)(C)C)C(C)C1OC1CC(C)/C=C/C=C(\C)C1OC(=O)CC(O[Si](C)(C)C(C)(C)C)CCC(C)(O)C(OC(C)=O)/C=C/C1C. The van der Waals surface area contributed by atoms with Gasteiger partial charge in [-0.2, -0.15) is 0 Å². The van der Waals surface area contributed by atoms with Crippen molar-refractivity contribution < 1.29 is 115 Å². The Hall–Kier alpha value is -5.13. The molecule has 5 N–H and O–H groups in total. The van der Waals surface area contributed by atoms with Crippen LogP contribution in [0, 0.1) is 53.3 Å². The Balaban J connectivity index is 0.000000446. The van der Waals surface area contributed by atoms with Gasteiger partial charge < -0.3 is 85.9 Å². The zero-order valence-corrected chi connectivity index (χ0v) is 99.8. The Morgan fingerprint density at radius 3 is 0.930 bits per heavy atom. The lowest BCUT2D eigenvalue weighted by Crippen LogP contribution is -2.46. The molecule has 0 aromatic rings. The van der Waals surface area contributed by atoms with Gasteiger partial charge in [-0.15, -0.1) is 0 Å². The van der Waals surface area contributed by atoms with E-state index in [0.717, 1.165) is 55.2 Å². The van der Waals surface area contributed by atoms with Gasteiger partial charge in [-0.25, -0.2) is 0 Å². The lowest BCUT2D eigenvalue weighted by molar-refractivity contribution is -0.158. The number of rotatable bonds is 35. The molecule has 6 heterocycles. The fourth-order valence-electron chi connectivity index (χ4n) is 17.7. The molecule has 0 bridgehead atoms. The topological polar surface area (TPSA) is 333 Å². The summed E-state index contributed by atoms with van der Waals surface area (Å²) in [6, 6.07) is 0. The van der Waals surface area contributed by atoms with E-state index in [1.807, 2.05) is 110 Å². The first-order valence-electron chi connectivity index (χ1n) is 53.4. The van der Waals surface area contributed by atoms with Crippen molar-refractivity contribution in [3.05, 3.63) is 108 Å². The van der Waals surface area contributed by atoms with E-state index in [1.165, 1.54) is 20.8 Å². The van der Waals surface area contributed by atoms with Crippen LogP contribution in [0.1, 0.15) is 325 Å². The number of ether oxygens (including phenoxy) is 9. The fourth-order valence-corrected chi connectivity index (χ4v) is 23.5. The number of carbonyl (C=O) groups excluding carboxylic acids is 6. The molecule has 3 saturated heterocycles. The van der Waals surface area contributed by atoms with Crippen LogP contribution in [0.3, 0.4) is 0 Å². The van der Waals surface area contributed by atoms with E-state index in [1.54, 1.807) is 39.0 Å². The third-order valence-corrected chi connectivity index (χ3v) is 49.9. The number of hydrogen-bond donors (Lipinski definition) is 5. The van der Waals surface area contributed by atoms with Gasteiger partial charge in [0.05, 0.1) is 80.3 Å². The Labute approximate surface area is 863 Å². The fraction of sp³-hybridized carbons (Fsp3) is 0.789. The molecular weight excluding hydrogens is 1870 g/mol. The molecule has 30 atom stereocenters. The number of epoxide rings is 3. The van der Waals surface area contributed by atoms with Crippen molar-refractivity contribution in [2.75, 3.05) is 0 Å². The number of hydrogen-bond acceptors (Lipinski definition) is 24. The number of carbonyl (C=O) groups is 6. The molecule has 30 unspecified atom stereocenters. The molecule has 6 aliphatic heterocycles. The van der Waals surface area contributed by atoms with Gasteiger partial charge in [0.25, 0.3) is 0 Å². The van der Waals surface area contributed by atoms with Crippen molar-refractivity contribution in [1.82, 2.24) is 0 Å². The minimum Gasteiger partial charge on any atom is -0.457 e. The van der Waals surface area contributed by atoms with Crippen LogP contribution in [-0.4, -0.2) is 221 Å². The first-order valence-corrected chi connectivity index (χ1v) is 65.0. The maximum absolute atomic E-state index is 13.6. The summed E-state index contributed by atoms with van der Waals surface area (Å²) >= 11 is 0. The molecule has 816 valence electrons. The molecular formula is C114H200O24Si4. The van der Waals surface area contributed by atoms with Crippen LogP contribution in [0.5, 0.6) is 0 Å². The Morgan fingerprint density at radius 1 is 0.415 bits per heavy atom. The lowest BCUT2D eigenvalue weighted by Gasteiger charge is -2.40. The average Bonchev–Trinajstić information content (AvgIpc) is 1.67. The van der Waals surface area contributed by atoms with Gasteiger partial charge in [-0.3, -0.25) is 28.8 Å². The van der Waals surface area contributed by atoms with Crippen molar-refractivity contribution >= 4 is 69.1 Å². The van der Waals surface area contributed by atoms with Crippen LogP contribution in [0.4, 0.5) is 0 Å². The molecule has 142 heavy (non-hydrogen) atoms. The molecule has 24 nitrogen and oxygen atoms in total. The van der Waals surface area contributed by atoms with Crippen LogP contribution in [0.15, 0.2) is 108 Å². The van der Waals surface area contributed by atoms with E-state index in [2.05, 4.69) is 202 Å². The normalized spacial score (nSPS) is 32.6. The number of esters is 6. The zero-order chi connectivity index (χ0) is 109. The predicted molar refractivity (Wildman–Crippen MR) is 579 cm³/mol. The van der Waals surface area contributed by atoms with Gasteiger partial charge in [0, 0.05) is 68.5 Å². The Bertz CT molecular complexity index is 4250. The van der Waals surface area contributed by atoms with E-state index >= 15 is 0 Å². The summed E-state index contributed by atoms with van der Waals surface area (Å²) in [5.41, 5.74) is -1.49. The van der Waals surface area contributed by atoms with Crippen LogP contribution < -0.4 is 0 Å². The Kier molecular flexibility index (Phi) is 50.1. The van der Waals surface area contributed by atoms with Gasteiger partial charge in [-0.1, -0.05) is 239 Å². The summed E-state index contributed by atoms with van der Waals surface area (Å²) in [6.07, 6.45) is 31.2. The van der Waals surface area contributed by atoms with Gasteiger partial charge >= 0.3 is 35.8 Å². The summed E-state index contributed by atoms with van der Waals surface area (Å²) in [5, 5.41) is 54.8. The second-order valence-electron chi connectivity index (χ2n) is 49.7. The summed E-state index contributed by atoms with van der Waals surface area (Å²) in [4.78, 5) is 75.5. The van der Waals surface area contributed by atoms with E-state index in [4.69, 9.17) is 60.3 Å². The molecule has 0 aliphatic carbocycles. The summed E-state index contributed by atoms with van der Waals surface area (Å²) in [5.74, 6) is -1.75. The third-order valence-electron chi connectivity index (χ3n) is 31.8. The number of aliphatic hydroxyl groups is 5. The second kappa shape index (κ2) is 55.1. The predicted octanol–water partition coefficient (Wildman–Crippen LogP) is 24.2. The third kappa shape index (κ3) is 42.0. The van der Waals surface area contributed by atoms with E-state index < -0.39 is 129 Å². The van der Waals surface area contributed by atoms with Crippen molar-refractivity contribution in [3.8, 4) is 0 Å². The largest absolute Gasteiger partial charge is 0.457 e. The maximum Gasteiger partial charge on any atom is 0.309 e. The van der Waals surface area contributed by atoms with Crippen molar-refractivity contribution in [1.29, 1.82) is 0 Å². The molecule has 6 rings (SSSR count). The first-order chi connectivity index (χ1) is 65.0. The highest BCUT2D eigenvalue weighted by Crippen LogP contribution is 2.48. The highest BCUT2D eigenvalue weighted by Gasteiger charge is 2.53. The van der Waals surface area contributed by atoms with Crippen LogP contribution >= 0.6 is 0 Å². The maximum atomic E-state index is 13.6. The molecule has 0 amide bonds. The van der Waals surface area contributed by atoms with Gasteiger partial charge in [0.1, 0.15) is 53.4 Å². The minimum atomic E-state index is -2.25. The molecule has 6 aliphatic rings. The lowest BCUT2D eigenvalue weighted by atomic mass is 9.88. The standard InChI is InChI=1S/C42H76O8Si2.2C36H62O8Si/c1-18-34(50-52(16,17)41(10,11)12)31(5)39-35(47-39)26-28(2)20-19-21-29(3)38-30(4)22-23-36(46-32(6)43)42(13,45)25-24-33(27-37(44)48-38)49-51(14,15)40(7,8)9;1-13-29(38)26(5)34-30(42-34)21-23(2)15-14-16-24(3)33-25(4)17-18-31(41-27(6)37)36(10,40)20-19-28(22-32(39)43-33)44-45(11,12)35(7,8)9;1-13-29(44-45(11,12)35(7,8)9)26(5)34-30(42-34)21-23(2)15-14-16-24(3)33-25(4)17-18-31(41-27(6)37)36(10,40)20-19-28(38)22-32(39)43-33/h19-23,28,30-31,33-36,38-39,45H,18,24-27H2,1-17H3;2*14-18,23,25-26,28-31,33-34,38,40H,13,19-22H2,1-12H3/b20-19+,23-22+,29-21+;2*15-14+,18-17+,24-16+. The highest BCUT2D eigenvalue weighted by molar-refractivity contribution is 6.75. The van der Waals surface area contributed by atoms with Crippen molar-refractivity contribution in [2.24, 2.45) is 53.3 Å². The quantitative estimate of drug-likeness (QED) is 0.00982. The summed E-state index contributed by atoms with van der Waals surface area (Å²) in [6.45, 7) is 84.5. The summed E-state index contributed by atoms with van der Waals surface area (Å²) < 4.78 is 80.0. The Morgan fingerprint density at radius 2 is 0.676 bits per heavy atom. The van der Waals surface area contributed by atoms with Crippen molar-refractivity contribution in [3.63, 3.8) is 0 Å². The number of cyclic esters (lactones) is 3. The molecule has 0 spiro atoms. The highest BCUT2D eigenvalue weighted by atomic mass is 28.4.